The van der Waals surface area contributed by atoms with E-state index in [2.05, 4.69) is 21.2 Å². The van der Waals surface area contributed by atoms with Gasteiger partial charge in [0.2, 0.25) is 0 Å². The fourth-order valence-corrected chi connectivity index (χ4v) is 2.08. The molecule has 0 bridgehead atoms. The van der Waals surface area contributed by atoms with Gasteiger partial charge in [-0.1, -0.05) is 15.9 Å². The minimum Gasteiger partial charge on any atom is -0.481 e. The van der Waals surface area contributed by atoms with Crippen LogP contribution in [0, 0.1) is 11.3 Å². The van der Waals surface area contributed by atoms with Crippen molar-refractivity contribution in [1.82, 2.24) is 4.90 Å². The molecule has 2 N–H and O–H groups in total. The second-order valence-corrected chi connectivity index (χ2v) is 5.58. The molecule has 0 aliphatic heterocycles. The lowest BCUT2D eigenvalue weighted by Gasteiger charge is -2.26. The molecule has 1 aromatic rings. The van der Waals surface area contributed by atoms with Gasteiger partial charge in [0.25, 0.3) is 0 Å². The number of rotatable bonds is 5. The number of carbonyl (C=O) groups is 2. The molecule has 6 nitrogen and oxygen atoms in total. The largest absolute Gasteiger partial charge is 0.481 e. The van der Waals surface area contributed by atoms with E-state index >= 15 is 0 Å². The minimum absolute atomic E-state index is 0.108. The fourth-order valence-electron chi connectivity index (χ4n) is 1.72. The summed E-state index contributed by atoms with van der Waals surface area (Å²) in [6.45, 7) is 3.71. The number of carboxylic acids is 1. The van der Waals surface area contributed by atoms with E-state index in [9.17, 15) is 9.59 Å². The maximum atomic E-state index is 12.2. The van der Waals surface area contributed by atoms with Gasteiger partial charge in [-0.25, -0.2) is 4.79 Å². The molecular formula is C14H16BrN3O3. The van der Waals surface area contributed by atoms with E-state index < -0.39 is 12.0 Å². The maximum absolute atomic E-state index is 12.2. The molecular weight excluding hydrogens is 338 g/mol. The van der Waals surface area contributed by atoms with Crippen LogP contribution in [-0.2, 0) is 4.79 Å². The smallest absolute Gasteiger partial charge is 0.322 e. The number of carboxylic acid groups (broad SMARTS) is 1. The lowest BCUT2D eigenvalue weighted by atomic mass is 10.2. The van der Waals surface area contributed by atoms with Crippen molar-refractivity contribution in [3.05, 3.63) is 28.2 Å². The average molecular weight is 354 g/mol. The summed E-state index contributed by atoms with van der Waals surface area (Å²) in [6, 6.07) is 6.37. The summed E-state index contributed by atoms with van der Waals surface area (Å²) in [5.74, 6) is -0.963. The van der Waals surface area contributed by atoms with Crippen molar-refractivity contribution >= 4 is 33.6 Å². The van der Waals surface area contributed by atoms with Crippen molar-refractivity contribution < 1.29 is 14.7 Å². The Bertz CT molecular complexity index is 581. The first-order valence-electron chi connectivity index (χ1n) is 6.34. The minimum atomic E-state index is -0.963. The van der Waals surface area contributed by atoms with Crippen molar-refractivity contribution in [3.8, 4) is 6.07 Å². The molecule has 0 aliphatic rings. The first-order chi connectivity index (χ1) is 9.85. The zero-order valence-electron chi connectivity index (χ0n) is 11.8. The molecule has 7 heteroatoms. The Hall–Kier alpha value is -2.07. The first kappa shape index (κ1) is 17.0. The van der Waals surface area contributed by atoms with E-state index in [4.69, 9.17) is 10.4 Å². The number of halogens is 1. The fraction of sp³-hybridized carbons (Fsp3) is 0.357. The van der Waals surface area contributed by atoms with Crippen molar-refractivity contribution in [1.29, 1.82) is 5.26 Å². The predicted octanol–water partition coefficient (Wildman–Crippen LogP) is 3.04. The highest BCUT2D eigenvalue weighted by Gasteiger charge is 2.19. The van der Waals surface area contributed by atoms with Crippen molar-refractivity contribution in [2.24, 2.45) is 0 Å². The van der Waals surface area contributed by atoms with Gasteiger partial charge in [0, 0.05) is 17.1 Å². The molecule has 0 heterocycles. The third-order valence-electron chi connectivity index (χ3n) is 2.79. The zero-order valence-corrected chi connectivity index (χ0v) is 13.3. The third kappa shape index (κ3) is 5.08. The summed E-state index contributed by atoms with van der Waals surface area (Å²) in [4.78, 5) is 24.3. The summed E-state index contributed by atoms with van der Waals surface area (Å²) in [5, 5.41) is 20.4. The Morgan fingerprint density at radius 2 is 2.14 bits per heavy atom. The monoisotopic (exact) mass is 353 g/mol. The second kappa shape index (κ2) is 7.64. The van der Waals surface area contributed by atoms with Gasteiger partial charge in [0.1, 0.15) is 6.07 Å². The highest BCUT2D eigenvalue weighted by molar-refractivity contribution is 9.10. The Labute approximate surface area is 131 Å². The molecule has 0 fully saturated rings. The van der Waals surface area contributed by atoms with Gasteiger partial charge in [-0.15, -0.1) is 0 Å². The van der Waals surface area contributed by atoms with Crippen LogP contribution in [0.5, 0.6) is 0 Å². The molecule has 112 valence electrons. The van der Waals surface area contributed by atoms with Crippen molar-refractivity contribution in [2.75, 3.05) is 11.9 Å². The Morgan fingerprint density at radius 3 is 2.67 bits per heavy atom. The number of urea groups is 1. The maximum Gasteiger partial charge on any atom is 0.322 e. The van der Waals surface area contributed by atoms with Gasteiger partial charge < -0.3 is 15.3 Å². The van der Waals surface area contributed by atoms with Gasteiger partial charge in [-0.2, -0.15) is 5.26 Å². The molecule has 0 spiro atoms. The SMILES string of the molecule is CC(C)N(CCC(=O)O)C(=O)Nc1ccc(Br)cc1C#N. The molecule has 0 radical (unpaired) electrons. The Balaban J connectivity index is 2.87. The summed E-state index contributed by atoms with van der Waals surface area (Å²) in [5.41, 5.74) is 0.728. The average Bonchev–Trinajstić information content (AvgIpc) is 2.40. The standard InChI is InChI=1S/C14H16BrN3O3/c1-9(2)18(6-5-13(19)20)14(21)17-12-4-3-11(15)7-10(12)8-16/h3-4,7,9H,5-6H2,1-2H3,(H,17,21)(H,19,20). The van der Waals surface area contributed by atoms with E-state index in [1.165, 1.54) is 4.90 Å². The number of amides is 2. The molecule has 0 saturated heterocycles. The second-order valence-electron chi connectivity index (χ2n) is 4.66. The quantitative estimate of drug-likeness (QED) is 0.850. The van der Waals surface area contributed by atoms with Crippen LogP contribution >= 0.6 is 15.9 Å². The van der Waals surface area contributed by atoms with Crippen LogP contribution in [0.2, 0.25) is 0 Å². The summed E-state index contributed by atoms with van der Waals surface area (Å²) < 4.78 is 0.739. The molecule has 0 aliphatic carbocycles. The highest BCUT2D eigenvalue weighted by Crippen LogP contribution is 2.21. The van der Waals surface area contributed by atoms with E-state index in [1.807, 2.05) is 6.07 Å². The van der Waals surface area contributed by atoms with E-state index in [1.54, 1.807) is 32.0 Å². The van der Waals surface area contributed by atoms with Crippen LogP contribution in [0.1, 0.15) is 25.8 Å². The number of anilines is 1. The van der Waals surface area contributed by atoms with Crippen molar-refractivity contribution in [3.63, 3.8) is 0 Å². The molecule has 21 heavy (non-hydrogen) atoms. The lowest BCUT2D eigenvalue weighted by Crippen LogP contribution is -2.41. The van der Waals surface area contributed by atoms with E-state index in [0.717, 1.165) is 4.47 Å². The number of hydrogen-bond donors (Lipinski definition) is 2. The van der Waals surface area contributed by atoms with Gasteiger partial charge in [-0.3, -0.25) is 4.79 Å². The predicted molar refractivity (Wildman–Crippen MR) is 82.0 cm³/mol. The molecule has 1 rings (SSSR count). The number of carbonyl (C=O) groups excluding carboxylic acids is 1. The van der Waals surface area contributed by atoms with Crippen LogP contribution in [0.3, 0.4) is 0 Å². The van der Waals surface area contributed by atoms with Crippen LogP contribution in [0.4, 0.5) is 10.5 Å². The Kier molecular flexibility index (Phi) is 6.18. The number of nitrogens with one attached hydrogen (secondary N) is 1. The number of aliphatic carboxylic acids is 1. The highest BCUT2D eigenvalue weighted by atomic mass is 79.9. The lowest BCUT2D eigenvalue weighted by molar-refractivity contribution is -0.137. The number of nitrogens with zero attached hydrogens (tertiary/aromatic N) is 2. The number of hydrogen-bond acceptors (Lipinski definition) is 3. The van der Waals surface area contributed by atoms with Crippen LogP contribution < -0.4 is 5.32 Å². The van der Waals surface area contributed by atoms with E-state index in [-0.39, 0.29) is 19.0 Å². The third-order valence-corrected chi connectivity index (χ3v) is 3.29. The summed E-state index contributed by atoms with van der Waals surface area (Å²) in [7, 11) is 0. The normalized spacial score (nSPS) is 10.0. The molecule has 1 aromatic carbocycles. The van der Waals surface area contributed by atoms with Gasteiger partial charge in [0.15, 0.2) is 0 Å². The molecule has 0 aromatic heterocycles. The van der Waals surface area contributed by atoms with Gasteiger partial charge in [0.05, 0.1) is 17.7 Å². The van der Waals surface area contributed by atoms with Crippen molar-refractivity contribution in [2.45, 2.75) is 26.3 Å². The van der Waals surface area contributed by atoms with Gasteiger partial charge in [-0.05, 0) is 32.0 Å². The molecule has 0 unspecified atom stereocenters. The van der Waals surface area contributed by atoms with Crippen LogP contribution in [0.25, 0.3) is 0 Å². The van der Waals surface area contributed by atoms with Crippen LogP contribution in [0.15, 0.2) is 22.7 Å². The summed E-state index contributed by atoms with van der Waals surface area (Å²) >= 11 is 3.26. The summed E-state index contributed by atoms with van der Waals surface area (Å²) in [6.07, 6.45) is -0.128. The molecule has 0 saturated carbocycles. The van der Waals surface area contributed by atoms with E-state index in [0.29, 0.717) is 11.3 Å². The van der Waals surface area contributed by atoms with Gasteiger partial charge >= 0.3 is 12.0 Å². The molecule has 2 amide bonds. The number of benzene rings is 1. The van der Waals surface area contributed by atoms with Crippen LogP contribution in [-0.4, -0.2) is 34.6 Å². The molecule has 0 atom stereocenters. The number of nitriles is 1. The first-order valence-corrected chi connectivity index (χ1v) is 7.13. The zero-order chi connectivity index (χ0) is 16.0. The topological polar surface area (TPSA) is 93.4 Å². The Morgan fingerprint density at radius 1 is 1.48 bits per heavy atom.